The number of morpholine rings is 1. The fourth-order valence-corrected chi connectivity index (χ4v) is 2.40. The molecule has 0 aromatic heterocycles. The summed E-state index contributed by atoms with van der Waals surface area (Å²) >= 11 is 0. The van der Waals surface area contributed by atoms with Crippen molar-refractivity contribution in [3.63, 3.8) is 0 Å². The van der Waals surface area contributed by atoms with Crippen molar-refractivity contribution < 1.29 is 4.74 Å². The number of hydrogen-bond donors (Lipinski definition) is 1. The Morgan fingerprint density at radius 2 is 2.00 bits per heavy atom. The van der Waals surface area contributed by atoms with Crippen LogP contribution in [0.5, 0.6) is 0 Å². The number of hydrogen-bond acceptors (Lipinski definition) is 3. The van der Waals surface area contributed by atoms with Gasteiger partial charge in [0.2, 0.25) is 0 Å². The highest BCUT2D eigenvalue weighted by atomic mass is 16.5. The highest BCUT2D eigenvalue weighted by Crippen LogP contribution is 2.24. The number of nitrogens with two attached hydrogens (primary N) is 1. The topological polar surface area (TPSA) is 38.5 Å². The first-order chi connectivity index (χ1) is 8.52. The minimum atomic E-state index is -0.0588. The van der Waals surface area contributed by atoms with Crippen LogP contribution in [0, 0.1) is 0 Å². The molecule has 0 saturated carbocycles. The van der Waals surface area contributed by atoms with Gasteiger partial charge in [-0.05, 0) is 38.0 Å². The van der Waals surface area contributed by atoms with Gasteiger partial charge in [-0.1, -0.05) is 19.1 Å². The van der Waals surface area contributed by atoms with Crippen molar-refractivity contribution in [3.05, 3.63) is 29.8 Å². The fraction of sp³-hybridized carbons (Fsp3) is 0.600. The second kappa shape index (κ2) is 5.29. The van der Waals surface area contributed by atoms with Crippen LogP contribution < -0.4 is 10.6 Å². The van der Waals surface area contributed by atoms with Gasteiger partial charge in [-0.15, -0.1) is 0 Å². The Morgan fingerprint density at radius 3 is 2.56 bits per heavy atom. The van der Waals surface area contributed by atoms with Gasteiger partial charge in [0, 0.05) is 24.8 Å². The lowest BCUT2D eigenvalue weighted by molar-refractivity contribution is -0.0276. The molecule has 0 spiro atoms. The molecule has 0 amide bonds. The van der Waals surface area contributed by atoms with Gasteiger partial charge >= 0.3 is 0 Å². The van der Waals surface area contributed by atoms with E-state index in [1.54, 1.807) is 0 Å². The van der Waals surface area contributed by atoms with Crippen molar-refractivity contribution >= 4 is 5.69 Å². The number of nitrogens with zero attached hydrogens (tertiary/aromatic N) is 1. The SMILES string of the molecule is CCC(N)c1ccc(N2CCOC(C)(C)C2)cc1. The summed E-state index contributed by atoms with van der Waals surface area (Å²) in [7, 11) is 0. The maximum Gasteiger partial charge on any atom is 0.0801 e. The zero-order chi connectivity index (χ0) is 13.2. The summed E-state index contributed by atoms with van der Waals surface area (Å²) < 4.78 is 5.73. The highest BCUT2D eigenvalue weighted by molar-refractivity contribution is 5.48. The van der Waals surface area contributed by atoms with Gasteiger partial charge in [0.25, 0.3) is 0 Å². The first-order valence-electron chi connectivity index (χ1n) is 6.76. The number of rotatable bonds is 3. The standard InChI is InChI=1S/C15H24N2O/c1-4-14(16)12-5-7-13(8-6-12)17-9-10-18-15(2,3)11-17/h5-8,14H,4,9-11,16H2,1-3H3. The summed E-state index contributed by atoms with van der Waals surface area (Å²) in [5.41, 5.74) is 8.45. The molecule has 0 radical (unpaired) electrons. The van der Waals surface area contributed by atoms with E-state index in [2.05, 4.69) is 49.9 Å². The quantitative estimate of drug-likeness (QED) is 0.894. The maximum absolute atomic E-state index is 6.03. The Hall–Kier alpha value is -1.06. The lowest BCUT2D eigenvalue weighted by Gasteiger charge is -2.39. The molecule has 1 atom stereocenters. The molecule has 0 bridgehead atoms. The lowest BCUT2D eigenvalue weighted by Crippen LogP contribution is -2.48. The molecule has 1 fully saturated rings. The van der Waals surface area contributed by atoms with Crippen LogP contribution in [0.25, 0.3) is 0 Å². The van der Waals surface area contributed by atoms with Crippen LogP contribution in [0.3, 0.4) is 0 Å². The minimum Gasteiger partial charge on any atom is -0.372 e. The van der Waals surface area contributed by atoms with E-state index < -0.39 is 0 Å². The molecule has 1 unspecified atom stereocenters. The molecule has 1 saturated heterocycles. The van der Waals surface area contributed by atoms with Gasteiger partial charge in [0.05, 0.1) is 12.2 Å². The number of anilines is 1. The molecule has 1 aromatic carbocycles. The van der Waals surface area contributed by atoms with Crippen molar-refractivity contribution in [1.82, 2.24) is 0 Å². The highest BCUT2D eigenvalue weighted by Gasteiger charge is 2.27. The van der Waals surface area contributed by atoms with Gasteiger partial charge in [0.1, 0.15) is 0 Å². The summed E-state index contributed by atoms with van der Waals surface area (Å²) in [5, 5.41) is 0. The van der Waals surface area contributed by atoms with Crippen LogP contribution in [-0.4, -0.2) is 25.3 Å². The fourth-order valence-electron chi connectivity index (χ4n) is 2.40. The molecule has 100 valence electrons. The average molecular weight is 248 g/mol. The van der Waals surface area contributed by atoms with Crippen molar-refractivity contribution in [2.45, 2.75) is 38.8 Å². The monoisotopic (exact) mass is 248 g/mol. The van der Waals surface area contributed by atoms with E-state index in [9.17, 15) is 0 Å². The molecular formula is C15H24N2O. The largest absolute Gasteiger partial charge is 0.372 e. The van der Waals surface area contributed by atoms with Crippen LogP contribution in [0.4, 0.5) is 5.69 Å². The predicted octanol–water partition coefficient (Wildman–Crippen LogP) is 2.71. The van der Waals surface area contributed by atoms with Crippen LogP contribution in [0.1, 0.15) is 38.8 Å². The van der Waals surface area contributed by atoms with E-state index in [1.807, 2.05) is 0 Å². The Morgan fingerprint density at radius 1 is 1.33 bits per heavy atom. The van der Waals surface area contributed by atoms with E-state index in [0.29, 0.717) is 0 Å². The molecule has 1 heterocycles. The predicted molar refractivity (Wildman–Crippen MR) is 75.9 cm³/mol. The Balaban J connectivity index is 2.09. The normalized spacial score (nSPS) is 20.8. The first kappa shape index (κ1) is 13.4. The van der Waals surface area contributed by atoms with E-state index in [4.69, 9.17) is 10.5 Å². The van der Waals surface area contributed by atoms with Crippen molar-refractivity contribution in [1.29, 1.82) is 0 Å². The third kappa shape index (κ3) is 3.03. The van der Waals surface area contributed by atoms with Crippen LogP contribution in [0.2, 0.25) is 0 Å². The molecule has 2 rings (SSSR count). The Bertz CT molecular complexity index is 386. The van der Waals surface area contributed by atoms with E-state index in [0.717, 1.165) is 26.1 Å². The minimum absolute atomic E-state index is 0.0588. The molecule has 18 heavy (non-hydrogen) atoms. The molecule has 1 aromatic rings. The summed E-state index contributed by atoms with van der Waals surface area (Å²) in [6.45, 7) is 9.09. The van der Waals surface area contributed by atoms with Gasteiger partial charge < -0.3 is 15.4 Å². The Labute approximate surface area is 110 Å². The van der Waals surface area contributed by atoms with Crippen molar-refractivity contribution in [2.24, 2.45) is 5.73 Å². The maximum atomic E-state index is 6.03. The van der Waals surface area contributed by atoms with Crippen LogP contribution in [-0.2, 0) is 4.74 Å². The molecule has 0 aliphatic carbocycles. The summed E-state index contributed by atoms with van der Waals surface area (Å²) in [6, 6.07) is 8.79. The van der Waals surface area contributed by atoms with Crippen molar-refractivity contribution in [2.75, 3.05) is 24.6 Å². The smallest absolute Gasteiger partial charge is 0.0801 e. The van der Waals surface area contributed by atoms with Crippen LogP contribution in [0.15, 0.2) is 24.3 Å². The molecule has 3 nitrogen and oxygen atoms in total. The number of ether oxygens (including phenoxy) is 1. The van der Waals surface area contributed by atoms with E-state index >= 15 is 0 Å². The summed E-state index contributed by atoms with van der Waals surface area (Å²) in [6.07, 6.45) is 0.976. The average Bonchev–Trinajstić information content (AvgIpc) is 2.37. The van der Waals surface area contributed by atoms with E-state index in [-0.39, 0.29) is 11.6 Å². The number of benzene rings is 1. The van der Waals surface area contributed by atoms with Crippen molar-refractivity contribution in [3.8, 4) is 0 Å². The Kier molecular flexibility index (Phi) is 3.93. The zero-order valence-electron chi connectivity index (χ0n) is 11.6. The van der Waals surface area contributed by atoms with Gasteiger partial charge in [-0.3, -0.25) is 0 Å². The third-order valence-electron chi connectivity index (χ3n) is 3.55. The molecular weight excluding hydrogens is 224 g/mol. The second-order valence-corrected chi connectivity index (χ2v) is 5.64. The summed E-state index contributed by atoms with van der Waals surface area (Å²) in [4.78, 5) is 2.38. The first-order valence-corrected chi connectivity index (χ1v) is 6.76. The molecule has 3 heteroatoms. The third-order valence-corrected chi connectivity index (χ3v) is 3.55. The zero-order valence-corrected chi connectivity index (χ0v) is 11.6. The van der Waals surface area contributed by atoms with Gasteiger partial charge in [-0.2, -0.15) is 0 Å². The lowest BCUT2D eigenvalue weighted by atomic mass is 10.0. The van der Waals surface area contributed by atoms with Gasteiger partial charge in [0.15, 0.2) is 0 Å². The van der Waals surface area contributed by atoms with Crippen LogP contribution >= 0.6 is 0 Å². The molecule has 2 N–H and O–H groups in total. The van der Waals surface area contributed by atoms with Gasteiger partial charge in [-0.25, -0.2) is 0 Å². The molecule has 1 aliphatic rings. The summed E-state index contributed by atoms with van der Waals surface area (Å²) in [5.74, 6) is 0. The second-order valence-electron chi connectivity index (χ2n) is 5.64. The van der Waals surface area contributed by atoms with E-state index in [1.165, 1.54) is 11.3 Å². The molecule has 1 aliphatic heterocycles.